The van der Waals surface area contributed by atoms with Gasteiger partial charge in [-0.3, -0.25) is 9.36 Å². The second-order valence-corrected chi connectivity index (χ2v) is 13.0. The molecule has 5 N–H and O–H groups in total. The van der Waals surface area contributed by atoms with Crippen molar-refractivity contribution in [3.8, 4) is 5.75 Å². The van der Waals surface area contributed by atoms with E-state index in [2.05, 4.69) is 25.4 Å². The summed E-state index contributed by atoms with van der Waals surface area (Å²) in [6, 6.07) is 7.66. The Balaban J connectivity index is 1.61. The normalized spacial score (nSPS) is 24.7. The van der Waals surface area contributed by atoms with E-state index in [1.807, 2.05) is 0 Å². The van der Waals surface area contributed by atoms with Gasteiger partial charge in [-0.15, -0.1) is 11.6 Å². The van der Waals surface area contributed by atoms with Crippen molar-refractivity contribution in [1.82, 2.24) is 24.6 Å². The summed E-state index contributed by atoms with van der Waals surface area (Å²) in [5.74, 6) is -0.315. The zero-order valence-corrected chi connectivity index (χ0v) is 25.2. The van der Waals surface area contributed by atoms with Gasteiger partial charge in [0.2, 0.25) is 5.95 Å². The largest absolute Gasteiger partial charge is 0.462 e. The fourth-order valence-electron chi connectivity index (χ4n) is 4.12. The number of nitrogen functional groups attached to an aromatic ring is 1. The highest BCUT2D eigenvalue weighted by Crippen LogP contribution is 2.49. The monoisotopic (exact) mass is 631 g/mol. The summed E-state index contributed by atoms with van der Waals surface area (Å²) in [6.07, 6.45) is -4.15. The van der Waals surface area contributed by atoms with Crippen molar-refractivity contribution in [2.24, 2.45) is 0 Å². The van der Waals surface area contributed by atoms with E-state index in [9.17, 15) is 9.90 Å². The van der Waals surface area contributed by atoms with Crippen LogP contribution in [0.3, 0.4) is 0 Å². The molecule has 1 aliphatic rings. The lowest BCUT2D eigenvalue weighted by Crippen LogP contribution is -2.48. The molecule has 1 aromatic carbocycles. The fourth-order valence-corrected chi connectivity index (χ4v) is 6.86. The number of nitrogens with one attached hydrogen (secondary N) is 2. The average Bonchev–Trinajstić information content (AvgIpc) is 3.46. The third kappa shape index (κ3) is 6.72. The van der Waals surface area contributed by atoms with Gasteiger partial charge in [0.25, 0.3) is 0 Å². The molecule has 2 aromatic heterocycles. The molecule has 1 unspecified atom stereocenters. The summed E-state index contributed by atoms with van der Waals surface area (Å²) in [5.41, 5.74) is 4.57. The van der Waals surface area contributed by atoms with Crippen molar-refractivity contribution in [3.63, 3.8) is 0 Å². The molecule has 0 radical (unpaired) electrons. The minimum Gasteiger partial charge on any atom is -0.462 e. The standard InChI is InChI=1S/C24H32ClFN7O6PS/c1-13(2)37-22(35)14(3)32-40(41,39-15-8-6-5-7-9-15)36-11-24(10-25)18(34)16(26)21(38-24)33-12-29-17-19(28-4)30-23(27)31-20(17)33/h5-9,12-14,16,18,21,34H,10-11H2,1-4H3,(H,32,41)(H3,27,28,30,31)/t14-,16+,18+,21-,24-,40?/m1/s1. The minimum absolute atomic E-state index is 0.0700. The van der Waals surface area contributed by atoms with Crippen LogP contribution in [0.25, 0.3) is 11.2 Å². The zero-order valence-electron chi connectivity index (χ0n) is 22.7. The number of fused-ring (bicyclic) bond motifs is 1. The van der Waals surface area contributed by atoms with E-state index in [0.717, 1.165) is 0 Å². The number of carbonyl (C=O) groups is 1. The Kier molecular flexibility index (Phi) is 9.69. The van der Waals surface area contributed by atoms with Crippen LogP contribution < -0.4 is 20.7 Å². The second kappa shape index (κ2) is 12.7. The summed E-state index contributed by atoms with van der Waals surface area (Å²) in [5, 5.41) is 16.8. The summed E-state index contributed by atoms with van der Waals surface area (Å²) in [4.78, 5) is 25.0. The molecule has 41 heavy (non-hydrogen) atoms. The lowest BCUT2D eigenvalue weighted by molar-refractivity contribution is -0.149. The average molecular weight is 632 g/mol. The summed E-state index contributed by atoms with van der Waals surface area (Å²) < 4.78 is 40.3. The lowest BCUT2D eigenvalue weighted by Gasteiger charge is -2.33. The number of anilines is 2. The lowest BCUT2D eigenvalue weighted by atomic mass is 9.99. The molecule has 224 valence electrons. The van der Waals surface area contributed by atoms with Gasteiger partial charge in [-0.1, -0.05) is 18.2 Å². The highest BCUT2D eigenvalue weighted by atomic mass is 35.5. The van der Waals surface area contributed by atoms with Crippen molar-refractivity contribution in [3.05, 3.63) is 36.7 Å². The third-order valence-electron chi connectivity index (χ3n) is 6.15. The van der Waals surface area contributed by atoms with E-state index < -0.39 is 49.4 Å². The number of nitrogens with zero attached hydrogens (tertiary/aromatic N) is 4. The SMILES string of the molecule is CNc1nc(N)nc2c1ncn2[C@@H]1O[C@](CCl)(COP(=S)(N[C@H](C)C(=O)OC(C)C)Oc2ccccc2)[C@@H](O)[C@@H]1F. The fraction of sp³-hybridized carbons (Fsp3) is 0.500. The molecule has 0 saturated carbocycles. The highest BCUT2D eigenvalue weighted by molar-refractivity contribution is 8.09. The van der Waals surface area contributed by atoms with Gasteiger partial charge in [0.1, 0.15) is 23.5 Å². The number of ether oxygens (including phenoxy) is 2. The van der Waals surface area contributed by atoms with Crippen LogP contribution in [0.1, 0.15) is 27.0 Å². The summed E-state index contributed by atoms with van der Waals surface area (Å²) >= 11 is 12.0. The van der Waals surface area contributed by atoms with E-state index in [0.29, 0.717) is 17.1 Å². The van der Waals surface area contributed by atoms with E-state index in [1.54, 1.807) is 58.2 Å². The third-order valence-corrected chi connectivity index (χ3v) is 9.08. The van der Waals surface area contributed by atoms with Crippen LogP contribution in [0.15, 0.2) is 36.7 Å². The molecule has 6 atom stereocenters. The van der Waals surface area contributed by atoms with Crippen molar-refractivity contribution in [1.29, 1.82) is 0 Å². The number of rotatable bonds is 12. The Hall–Kier alpha value is -2.65. The minimum atomic E-state index is -3.54. The van der Waals surface area contributed by atoms with Crippen LogP contribution >= 0.6 is 18.2 Å². The van der Waals surface area contributed by atoms with Crippen LogP contribution in [-0.2, 0) is 30.6 Å². The van der Waals surface area contributed by atoms with Gasteiger partial charge in [-0.05, 0) is 44.7 Å². The Morgan fingerprint density at radius 1 is 1.34 bits per heavy atom. The molecule has 4 rings (SSSR count). The number of hydrogen-bond acceptors (Lipinski definition) is 12. The second-order valence-electron chi connectivity index (χ2n) is 9.61. The van der Waals surface area contributed by atoms with Gasteiger partial charge in [-0.2, -0.15) is 9.97 Å². The number of halogens is 2. The molecule has 17 heteroatoms. The number of carbonyl (C=O) groups excluding carboxylic acids is 1. The highest BCUT2D eigenvalue weighted by Gasteiger charge is 2.57. The molecule has 0 amide bonds. The van der Waals surface area contributed by atoms with Gasteiger partial charge in [0, 0.05) is 7.05 Å². The smallest absolute Gasteiger partial charge is 0.323 e. The molecular formula is C24H32ClFN7O6PS. The van der Waals surface area contributed by atoms with E-state index in [1.165, 1.54) is 10.9 Å². The van der Waals surface area contributed by atoms with Gasteiger partial charge >= 0.3 is 12.6 Å². The number of para-hydroxylation sites is 1. The molecule has 0 bridgehead atoms. The van der Waals surface area contributed by atoms with Crippen LogP contribution in [0.2, 0.25) is 0 Å². The molecule has 1 saturated heterocycles. The van der Waals surface area contributed by atoms with Gasteiger partial charge in [-0.25, -0.2) is 14.5 Å². The maximum Gasteiger partial charge on any atom is 0.323 e. The quantitative estimate of drug-likeness (QED) is 0.131. The van der Waals surface area contributed by atoms with Gasteiger partial charge < -0.3 is 34.7 Å². The van der Waals surface area contributed by atoms with Crippen molar-refractivity contribution < 1.29 is 32.8 Å². The van der Waals surface area contributed by atoms with Crippen LogP contribution in [0.5, 0.6) is 5.75 Å². The van der Waals surface area contributed by atoms with E-state index >= 15 is 4.39 Å². The number of imidazole rings is 1. The number of benzene rings is 1. The predicted molar refractivity (Wildman–Crippen MR) is 155 cm³/mol. The number of aliphatic hydroxyl groups is 1. The molecule has 13 nitrogen and oxygen atoms in total. The van der Waals surface area contributed by atoms with Crippen LogP contribution in [0.4, 0.5) is 16.2 Å². The maximum atomic E-state index is 15.7. The van der Waals surface area contributed by atoms with Gasteiger partial charge in [0.05, 0.1) is 24.9 Å². The predicted octanol–water partition coefficient (Wildman–Crippen LogP) is 2.91. The first-order valence-corrected chi connectivity index (χ1v) is 15.8. The molecular weight excluding hydrogens is 600 g/mol. The number of nitrogens with two attached hydrogens (primary N) is 1. The van der Waals surface area contributed by atoms with E-state index in [4.69, 9.17) is 47.7 Å². The Labute approximate surface area is 246 Å². The number of alkyl halides is 2. The molecule has 1 fully saturated rings. The maximum absolute atomic E-state index is 15.7. The molecule has 1 aliphatic heterocycles. The first-order valence-electron chi connectivity index (χ1n) is 12.6. The zero-order chi connectivity index (χ0) is 29.9. The Bertz CT molecular complexity index is 1420. The molecule has 0 spiro atoms. The van der Waals surface area contributed by atoms with Crippen molar-refractivity contribution >= 4 is 58.9 Å². The topological polar surface area (TPSA) is 168 Å². The van der Waals surface area contributed by atoms with Crippen molar-refractivity contribution in [2.75, 3.05) is 30.6 Å². The van der Waals surface area contributed by atoms with Gasteiger partial charge in [0.15, 0.2) is 29.4 Å². The molecule has 0 aliphatic carbocycles. The first-order chi connectivity index (χ1) is 19.4. The number of aromatic nitrogens is 4. The van der Waals surface area contributed by atoms with Crippen molar-refractivity contribution in [2.45, 2.75) is 57.0 Å². The Morgan fingerprint density at radius 3 is 2.68 bits per heavy atom. The number of aliphatic hydroxyl groups excluding tert-OH is 1. The molecule has 3 heterocycles. The summed E-state index contributed by atoms with van der Waals surface area (Å²) in [7, 11) is 1.63. The van der Waals surface area contributed by atoms with Crippen LogP contribution in [-0.4, -0.2) is 80.2 Å². The summed E-state index contributed by atoms with van der Waals surface area (Å²) in [6.45, 7) is 0.958. The Morgan fingerprint density at radius 2 is 2.05 bits per heavy atom. The number of hydrogen-bond donors (Lipinski definition) is 4. The van der Waals surface area contributed by atoms with Crippen LogP contribution in [0, 0.1) is 0 Å². The number of esters is 1. The van der Waals surface area contributed by atoms with E-state index in [-0.39, 0.29) is 23.6 Å². The molecule has 3 aromatic rings. The first kappa shape index (κ1) is 31.3.